The van der Waals surface area contributed by atoms with E-state index in [0.29, 0.717) is 0 Å². The predicted octanol–water partition coefficient (Wildman–Crippen LogP) is 2.46. The second-order valence-electron chi connectivity index (χ2n) is 4.39. The van der Waals surface area contributed by atoms with Gasteiger partial charge in [-0.15, -0.1) is 0 Å². The van der Waals surface area contributed by atoms with Crippen LogP contribution in [0.2, 0.25) is 0 Å². The summed E-state index contributed by atoms with van der Waals surface area (Å²) in [6, 6.07) is 7.64. The second kappa shape index (κ2) is 5.71. The van der Waals surface area contributed by atoms with Gasteiger partial charge in [0.05, 0.1) is 5.41 Å². The number of hydrogen-bond acceptors (Lipinski definition) is 2. The Kier molecular flexibility index (Phi) is 4.55. The molecule has 1 unspecified atom stereocenters. The van der Waals surface area contributed by atoms with E-state index in [1.165, 1.54) is 0 Å². The van der Waals surface area contributed by atoms with Gasteiger partial charge in [0.1, 0.15) is 0 Å². The molecule has 0 spiro atoms. The first-order chi connectivity index (χ1) is 8.10. The van der Waals surface area contributed by atoms with Gasteiger partial charge in [-0.3, -0.25) is 4.79 Å². The van der Waals surface area contributed by atoms with Crippen LogP contribution in [0.15, 0.2) is 24.3 Å². The predicted molar refractivity (Wildman–Crippen MR) is 71.8 cm³/mol. The molecule has 1 amide bonds. The number of rotatable bonds is 5. The Balaban J connectivity index is 3.20. The summed E-state index contributed by atoms with van der Waals surface area (Å²) in [5, 5.41) is 2.78. The average Bonchev–Trinajstić information content (AvgIpc) is 2.36. The Hall–Kier alpha value is -1.51. The highest BCUT2D eigenvalue weighted by molar-refractivity contribution is 5.88. The van der Waals surface area contributed by atoms with Crippen LogP contribution in [0.25, 0.3) is 0 Å². The zero-order valence-electron chi connectivity index (χ0n) is 10.9. The van der Waals surface area contributed by atoms with Crippen molar-refractivity contribution in [2.24, 2.45) is 0 Å². The molecule has 0 saturated heterocycles. The zero-order chi connectivity index (χ0) is 12.9. The molecule has 0 radical (unpaired) electrons. The minimum absolute atomic E-state index is 0.0895. The first kappa shape index (κ1) is 13.6. The van der Waals surface area contributed by atoms with Crippen molar-refractivity contribution in [2.45, 2.75) is 38.5 Å². The summed E-state index contributed by atoms with van der Waals surface area (Å²) in [6.45, 7) is 4.16. The molecule has 3 N–H and O–H groups in total. The number of nitrogens with one attached hydrogen (secondary N) is 1. The van der Waals surface area contributed by atoms with Crippen molar-refractivity contribution in [1.82, 2.24) is 5.32 Å². The van der Waals surface area contributed by atoms with Crippen LogP contribution in [0.4, 0.5) is 5.69 Å². The van der Waals surface area contributed by atoms with Gasteiger partial charge in [-0.05, 0) is 30.5 Å². The molecule has 0 aromatic heterocycles. The molecule has 3 heteroatoms. The van der Waals surface area contributed by atoms with E-state index in [2.05, 4.69) is 19.2 Å². The molecule has 0 aliphatic rings. The van der Waals surface area contributed by atoms with Crippen LogP contribution in [0.3, 0.4) is 0 Å². The third-order valence-electron chi connectivity index (χ3n) is 3.41. The molecule has 0 aliphatic carbocycles. The minimum Gasteiger partial charge on any atom is -0.399 e. The van der Waals surface area contributed by atoms with Crippen LogP contribution in [-0.2, 0) is 10.2 Å². The number of anilines is 1. The minimum atomic E-state index is -0.419. The van der Waals surface area contributed by atoms with Crippen molar-refractivity contribution < 1.29 is 4.79 Å². The number of carbonyl (C=O) groups excluding carboxylic acids is 1. The lowest BCUT2D eigenvalue weighted by Gasteiger charge is -2.31. The number of nitrogen functional groups attached to an aromatic ring is 1. The quantitative estimate of drug-likeness (QED) is 0.769. The van der Waals surface area contributed by atoms with Gasteiger partial charge in [-0.1, -0.05) is 32.4 Å². The Morgan fingerprint density at radius 3 is 2.29 bits per heavy atom. The van der Waals surface area contributed by atoms with Gasteiger partial charge in [-0.25, -0.2) is 0 Å². The van der Waals surface area contributed by atoms with E-state index in [0.717, 1.165) is 30.5 Å². The Morgan fingerprint density at radius 2 is 1.88 bits per heavy atom. The maximum Gasteiger partial charge on any atom is 0.230 e. The fourth-order valence-corrected chi connectivity index (χ4v) is 2.40. The monoisotopic (exact) mass is 234 g/mol. The molecule has 0 fully saturated rings. The van der Waals surface area contributed by atoms with Gasteiger partial charge in [-0.2, -0.15) is 0 Å². The van der Waals surface area contributed by atoms with Crippen molar-refractivity contribution in [1.29, 1.82) is 0 Å². The maximum atomic E-state index is 12.2. The summed E-state index contributed by atoms with van der Waals surface area (Å²) in [5.74, 6) is 0.0895. The van der Waals surface area contributed by atoms with Crippen molar-refractivity contribution >= 4 is 11.6 Å². The largest absolute Gasteiger partial charge is 0.399 e. The molecule has 0 heterocycles. The van der Waals surface area contributed by atoms with Crippen LogP contribution in [0.1, 0.15) is 38.7 Å². The normalized spacial score (nSPS) is 14.1. The summed E-state index contributed by atoms with van der Waals surface area (Å²) in [5.41, 5.74) is 7.05. The fourth-order valence-electron chi connectivity index (χ4n) is 2.40. The second-order valence-corrected chi connectivity index (χ2v) is 4.39. The molecule has 0 bridgehead atoms. The van der Waals surface area contributed by atoms with Gasteiger partial charge in [0, 0.05) is 12.7 Å². The van der Waals surface area contributed by atoms with Crippen LogP contribution < -0.4 is 11.1 Å². The Labute approximate surface area is 103 Å². The van der Waals surface area contributed by atoms with Crippen molar-refractivity contribution in [2.75, 3.05) is 12.8 Å². The van der Waals surface area contributed by atoms with Crippen molar-refractivity contribution in [3.8, 4) is 0 Å². The van der Waals surface area contributed by atoms with Gasteiger partial charge < -0.3 is 11.1 Å². The molecule has 0 aliphatic heterocycles. The van der Waals surface area contributed by atoms with E-state index in [1.54, 1.807) is 7.05 Å². The number of hydrogen-bond donors (Lipinski definition) is 2. The Bertz CT molecular complexity index is 372. The van der Waals surface area contributed by atoms with E-state index in [4.69, 9.17) is 5.73 Å². The van der Waals surface area contributed by atoms with Gasteiger partial charge in [0.25, 0.3) is 0 Å². The topological polar surface area (TPSA) is 55.1 Å². The van der Waals surface area contributed by atoms with E-state index >= 15 is 0 Å². The standard InChI is InChI=1S/C14H22N2O/c1-4-10-14(5-2,13(17)16-3)11-6-8-12(15)9-7-11/h6-9H,4-5,10,15H2,1-3H3,(H,16,17). The first-order valence-electron chi connectivity index (χ1n) is 6.19. The molecule has 0 saturated carbocycles. The molecule has 17 heavy (non-hydrogen) atoms. The summed E-state index contributed by atoms with van der Waals surface area (Å²) in [6.07, 6.45) is 2.63. The summed E-state index contributed by atoms with van der Waals surface area (Å²) < 4.78 is 0. The third-order valence-corrected chi connectivity index (χ3v) is 3.41. The number of benzene rings is 1. The van der Waals surface area contributed by atoms with Gasteiger partial charge in [0.2, 0.25) is 5.91 Å². The number of likely N-dealkylation sites (N-methyl/N-ethyl adjacent to an activating group) is 1. The SMILES string of the molecule is CCCC(CC)(C(=O)NC)c1ccc(N)cc1. The maximum absolute atomic E-state index is 12.2. The highest BCUT2D eigenvalue weighted by Crippen LogP contribution is 2.33. The molecule has 1 rings (SSSR count). The number of amides is 1. The van der Waals surface area contributed by atoms with E-state index < -0.39 is 5.41 Å². The smallest absolute Gasteiger partial charge is 0.230 e. The molecule has 1 aromatic rings. The molecule has 1 atom stereocenters. The fraction of sp³-hybridized carbons (Fsp3) is 0.500. The molecular formula is C14H22N2O. The lowest BCUT2D eigenvalue weighted by Crippen LogP contribution is -2.42. The number of nitrogens with two attached hydrogens (primary N) is 1. The van der Waals surface area contributed by atoms with E-state index in [-0.39, 0.29) is 5.91 Å². The highest BCUT2D eigenvalue weighted by Gasteiger charge is 2.36. The lowest BCUT2D eigenvalue weighted by atomic mass is 9.74. The summed E-state index contributed by atoms with van der Waals surface area (Å²) in [7, 11) is 1.69. The molecule has 1 aromatic carbocycles. The van der Waals surface area contributed by atoms with Crippen LogP contribution >= 0.6 is 0 Å². The molecule has 94 valence electrons. The Morgan fingerprint density at radius 1 is 1.29 bits per heavy atom. The van der Waals surface area contributed by atoms with Crippen LogP contribution in [0.5, 0.6) is 0 Å². The van der Waals surface area contributed by atoms with E-state index in [1.807, 2.05) is 24.3 Å². The summed E-state index contributed by atoms with van der Waals surface area (Å²) >= 11 is 0. The highest BCUT2D eigenvalue weighted by atomic mass is 16.2. The lowest BCUT2D eigenvalue weighted by molar-refractivity contribution is -0.126. The first-order valence-corrected chi connectivity index (χ1v) is 6.19. The van der Waals surface area contributed by atoms with E-state index in [9.17, 15) is 4.79 Å². The van der Waals surface area contributed by atoms with Crippen LogP contribution in [0, 0.1) is 0 Å². The number of carbonyl (C=O) groups is 1. The summed E-state index contributed by atoms with van der Waals surface area (Å²) in [4.78, 5) is 12.2. The van der Waals surface area contributed by atoms with Crippen molar-refractivity contribution in [3.63, 3.8) is 0 Å². The zero-order valence-corrected chi connectivity index (χ0v) is 10.9. The van der Waals surface area contributed by atoms with Gasteiger partial charge >= 0.3 is 0 Å². The average molecular weight is 234 g/mol. The van der Waals surface area contributed by atoms with Gasteiger partial charge in [0.15, 0.2) is 0 Å². The third kappa shape index (κ3) is 2.60. The molecular weight excluding hydrogens is 212 g/mol. The van der Waals surface area contributed by atoms with Crippen LogP contribution in [-0.4, -0.2) is 13.0 Å². The molecule has 3 nitrogen and oxygen atoms in total. The van der Waals surface area contributed by atoms with Crippen molar-refractivity contribution in [3.05, 3.63) is 29.8 Å².